The van der Waals surface area contributed by atoms with E-state index in [2.05, 4.69) is 0 Å². The standard InChI is InChI=1S/C25H19ClO5/c1-15-7-12-19-21(13-15)31-23(18-5-3-4-6-20(18)26)24(22(19)27)30-14-16-8-10-17(11-9-16)25(28)29-2/h3-13H,14H2,1-2H3. The van der Waals surface area contributed by atoms with Crippen LogP contribution in [0.15, 0.2) is 75.9 Å². The third-order valence-electron chi connectivity index (χ3n) is 4.88. The smallest absolute Gasteiger partial charge is 0.337 e. The molecule has 0 bridgehead atoms. The topological polar surface area (TPSA) is 65.7 Å². The summed E-state index contributed by atoms with van der Waals surface area (Å²) in [6.07, 6.45) is 0. The van der Waals surface area contributed by atoms with Crippen LogP contribution in [0.25, 0.3) is 22.3 Å². The van der Waals surface area contributed by atoms with Crippen molar-refractivity contribution in [2.45, 2.75) is 13.5 Å². The fraction of sp³-hybridized carbons (Fsp3) is 0.120. The molecule has 31 heavy (non-hydrogen) atoms. The number of carbonyl (C=O) groups is 1. The van der Waals surface area contributed by atoms with Gasteiger partial charge in [-0.05, 0) is 54.4 Å². The Morgan fingerprint density at radius 1 is 1.03 bits per heavy atom. The molecule has 1 heterocycles. The van der Waals surface area contributed by atoms with Gasteiger partial charge in [0.1, 0.15) is 12.2 Å². The van der Waals surface area contributed by atoms with Gasteiger partial charge in [0.05, 0.1) is 23.1 Å². The highest BCUT2D eigenvalue weighted by molar-refractivity contribution is 6.33. The van der Waals surface area contributed by atoms with Gasteiger partial charge in [0, 0.05) is 5.56 Å². The Balaban J connectivity index is 1.77. The van der Waals surface area contributed by atoms with Crippen LogP contribution in [0, 0.1) is 6.92 Å². The Hall–Kier alpha value is -3.57. The number of aryl methyl sites for hydroxylation is 1. The first-order chi connectivity index (χ1) is 15.0. The Labute approximate surface area is 183 Å². The highest BCUT2D eigenvalue weighted by atomic mass is 35.5. The molecule has 156 valence electrons. The molecule has 4 aromatic rings. The van der Waals surface area contributed by atoms with Gasteiger partial charge in [0.25, 0.3) is 0 Å². The average molecular weight is 435 g/mol. The summed E-state index contributed by atoms with van der Waals surface area (Å²) in [6, 6.07) is 19.3. The lowest BCUT2D eigenvalue weighted by molar-refractivity contribution is 0.0600. The molecule has 0 saturated carbocycles. The van der Waals surface area contributed by atoms with Gasteiger partial charge in [-0.25, -0.2) is 4.79 Å². The molecule has 0 atom stereocenters. The summed E-state index contributed by atoms with van der Waals surface area (Å²) in [6.45, 7) is 2.04. The van der Waals surface area contributed by atoms with Crippen LogP contribution >= 0.6 is 11.6 Å². The average Bonchev–Trinajstić information content (AvgIpc) is 2.78. The second-order valence-electron chi connectivity index (χ2n) is 7.05. The molecule has 0 aliphatic heterocycles. The molecule has 3 aromatic carbocycles. The number of fused-ring (bicyclic) bond motifs is 1. The van der Waals surface area contributed by atoms with Crippen LogP contribution in [-0.2, 0) is 11.3 Å². The zero-order valence-corrected chi connectivity index (χ0v) is 17.7. The van der Waals surface area contributed by atoms with E-state index in [1.165, 1.54) is 7.11 Å². The van der Waals surface area contributed by atoms with Gasteiger partial charge in [-0.1, -0.05) is 41.9 Å². The molecule has 5 nitrogen and oxygen atoms in total. The first kappa shape index (κ1) is 20.7. The maximum Gasteiger partial charge on any atom is 0.337 e. The Morgan fingerprint density at radius 2 is 1.77 bits per heavy atom. The number of methoxy groups -OCH3 is 1. The molecule has 0 aliphatic carbocycles. The molecule has 0 unspecified atom stereocenters. The summed E-state index contributed by atoms with van der Waals surface area (Å²) in [4.78, 5) is 24.9. The summed E-state index contributed by atoms with van der Waals surface area (Å²) in [5, 5.41) is 0.877. The molecule has 6 heteroatoms. The van der Waals surface area contributed by atoms with Crippen LogP contribution < -0.4 is 10.2 Å². The first-order valence-corrected chi connectivity index (χ1v) is 9.98. The zero-order valence-electron chi connectivity index (χ0n) is 17.0. The lowest BCUT2D eigenvalue weighted by atomic mass is 10.1. The monoisotopic (exact) mass is 434 g/mol. The first-order valence-electron chi connectivity index (χ1n) is 9.60. The molecule has 0 fully saturated rings. The maximum atomic E-state index is 13.3. The van der Waals surface area contributed by atoms with Crippen LogP contribution in [0.1, 0.15) is 21.5 Å². The highest BCUT2D eigenvalue weighted by Crippen LogP contribution is 2.35. The van der Waals surface area contributed by atoms with E-state index < -0.39 is 5.97 Å². The van der Waals surface area contributed by atoms with E-state index in [0.717, 1.165) is 11.1 Å². The Kier molecular flexibility index (Phi) is 5.78. The van der Waals surface area contributed by atoms with E-state index in [0.29, 0.717) is 27.1 Å². The fourth-order valence-corrected chi connectivity index (χ4v) is 3.47. The minimum atomic E-state index is -0.418. The number of benzene rings is 3. The van der Waals surface area contributed by atoms with Crippen molar-refractivity contribution in [2.24, 2.45) is 0 Å². The van der Waals surface area contributed by atoms with Gasteiger partial charge >= 0.3 is 5.97 Å². The predicted molar refractivity (Wildman–Crippen MR) is 120 cm³/mol. The van der Waals surface area contributed by atoms with E-state index in [9.17, 15) is 9.59 Å². The number of rotatable bonds is 5. The zero-order chi connectivity index (χ0) is 22.0. The number of hydrogen-bond donors (Lipinski definition) is 0. The van der Waals surface area contributed by atoms with E-state index in [1.54, 1.807) is 48.5 Å². The largest absolute Gasteiger partial charge is 0.481 e. The molecule has 0 saturated heterocycles. The van der Waals surface area contributed by atoms with Crippen LogP contribution in [0.4, 0.5) is 0 Å². The Morgan fingerprint density at radius 3 is 2.48 bits per heavy atom. The SMILES string of the molecule is COC(=O)c1ccc(COc2c(-c3ccccc3Cl)oc3cc(C)ccc3c2=O)cc1. The molecule has 0 amide bonds. The molecular formula is C25H19ClO5. The number of hydrogen-bond acceptors (Lipinski definition) is 5. The molecule has 1 aromatic heterocycles. The molecule has 0 radical (unpaired) electrons. The molecule has 0 aliphatic rings. The van der Waals surface area contributed by atoms with Crippen LogP contribution in [0.2, 0.25) is 5.02 Å². The van der Waals surface area contributed by atoms with E-state index in [-0.39, 0.29) is 23.5 Å². The molecular weight excluding hydrogens is 416 g/mol. The molecule has 0 spiro atoms. The Bertz CT molecular complexity index is 1320. The van der Waals surface area contributed by atoms with Gasteiger partial charge in [0.2, 0.25) is 11.2 Å². The van der Waals surface area contributed by atoms with Crippen molar-refractivity contribution in [2.75, 3.05) is 7.11 Å². The van der Waals surface area contributed by atoms with Gasteiger partial charge in [-0.15, -0.1) is 0 Å². The van der Waals surface area contributed by atoms with Crippen LogP contribution in [-0.4, -0.2) is 13.1 Å². The van der Waals surface area contributed by atoms with Crippen molar-refractivity contribution in [3.63, 3.8) is 0 Å². The quantitative estimate of drug-likeness (QED) is 0.372. The fourth-order valence-electron chi connectivity index (χ4n) is 3.25. The van der Waals surface area contributed by atoms with Gasteiger partial charge in [-0.3, -0.25) is 4.79 Å². The van der Waals surface area contributed by atoms with Gasteiger partial charge < -0.3 is 13.9 Å². The number of esters is 1. The third kappa shape index (κ3) is 4.18. The van der Waals surface area contributed by atoms with E-state index >= 15 is 0 Å². The van der Waals surface area contributed by atoms with E-state index in [1.807, 2.05) is 25.1 Å². The molecule has 0 N–H and O–H groups in total. The van der Waals surface area contributed by atoms with Crippen molar-refractivity contribution in [1.29, 1.82) is 0 Å². The summed E-state index contributed by atoms with van der Waals surface area (Å²) in [7, 11) is 1.33. The predicted octanol–water partition coefficient (Wildman–Crippen LogP) is 5.79. The second-order valence-corrected chi connectivity index (χ2v) is 7.45. The summed E-state index contributed by atoms with van der Waals surface area (Å²) in [5.74, 6) is -0.0553. The highest BCUT2D eigenvalue weighted by Gasteiger charge is 2.20. The van der Waals surface area contributed by atoms with Crippen molar-refractivity contribution < 1.29 is 18.7 Å². The normalized spacial score (nSPS) is 10.8. The summed E-state index contributed by atoms with van der Waals surface area (Å²) in [5.41, 5.74) is 2.95. The minimum absolute atomic E-state index is 0.0847. The second kappa shape index (κ2) is 8.66. The third-order valence-corrected chi connectivity index (χ3v) is 5.21. The van der Waals surface area contributed by atoms with E-state index in [4.69, 9.17) is 25.5 Å². The van der Waals surface area contributed by atoms with Crippen molar-refractivity contribution in [1.82, 2.24) is 0 Å². The van der Waals surface area contributed by atoms with Crippen molar-refractivity contribution in [3.05, 3.63) is 98.7 Å². The number of halogens is 1. The van der Waals surface area contributed by atoms with Crippen molar-refractivity contribution >= 4 is 28.5 Å². The number of ether oxygens (including phenoxy) is 2. The van der Waals surface area contributed by atoms with Crippen LogP contribution in [0.5, 0.6) is 5.75 Å². The van der Waals surface area contributed by atoms with Gasteiger partial charge in [-0.2, -0.15) is 0 Å². The lowest BCUT2D eigenvalue weighted by Gasteiger charge is -2.13. The van der Waals surface area contributed by atoms with Gasteiger partial charge in [0.15, 0.2) is 5.76 Å². The summed E-state index contributed by atoms with van der Waals surface area (Å²) < 4.78 is 16.8. The maximum absolute atomic E-state index is 13.3. The lowest BCUT2D eigenvalue weighted by Crippen LogP contribution is -2.10. The number of carbonyl (C=O) groups excluding carboxylic acids is 1. The van der Waals surface area contributed by atoms with Crippen molar-refractivity contribution in [3.8, 4) is 17.1 Å². The minimum Gasteiger partial charge on any atom is -0.481 e. The summed E-state index contributed by atoms with van der Waals surface area (Å²) >= 11 is 6.38. The molecule has 4 rings (SSSR count). The van der Waals surface area contributed by atoms with Crippen LogP contribution in [0.3, 0.4) is 0 Å².